The van der Waals surface area contributed by atoms with Gasteiger partial charge in [0, 0.05) is 18.8 Å². The Hall–Kier alpha value is -2.08. The Morgan fingerprint density at radius 1 is 1.33 bits per heavy atom. The average molecular weight is 290 g/mol. The Morgan fingerprint density at radius 3 is 2.86 bits per heavy atom. The molecule has 0 unspecified atom stereocenters. The summed E-state index contributed by atoms with van der Waals surface area (Å²) < 4.78 is 10.9. The van der Waals surface area contributed by atoms with Crippen molar-refractivity contribution in [3.8, 4) is 5.75 Å². The van der Waals surface area contributed by atoms with E-state index in [0.717, 1.165) is 18.0 Å². The van der Waals surface area contributed by atoms with Gasteiger partial charge < -0.3 is 14.5 Å². The highest BCUT2D eigenvalue weighted by atomic mass is 16.5. The summed E-state index contributed by atoms with van der Waals surface area (Å²) in [4.78, 5) is 1.83. The van der Waals surface area contributed by atoms with Crippen LogP contribution in [0.5, 0.6) is 5.75 Å². The molecule has 1 aromatic carbocycles. The maximum absolute atomic E-state index is 5.66. The van der Waals surface area contributed by atoms with Crippen molar-refractivity contribution in [1.29, 1.82) is 0 Å². The second-order valence-electron chi connectivity index (χ2n) is 5.26. The van der Waals surface area contributed by atoms with E-state index in [2.05, 4.69) is 29.4 Å². The maximum atomic E-state index is 5.66. The normalized spacial score (nSPS) is 10.9. The van der Waals surface area contributed by atoms with E-state index in [0.29, 0.717) is 24.4 Å². The van der Waals surface area contributed by atoms with Gasteiger partial charge in [-0.15, -0.1) is 5.10 Å². The summed E-state index contributed by atoms with van der Waals surface area (Å²) in [7, 11) is 3.53. The van der Waals surface area contributed by atoms with Crippen LogP contribution in [0.15, 0.2) is 28.7 Å². The van der Waals surface area contributed by atoms with Gasteiger partial charge in [-0.05, 0) is 24.6 Å². The minimum atomic E-state index is 0.463. The molecule has 6 heteroatoms. The molecule has 0 aliphatic rings. The monoisotopic (exact) mass is 290 g/mol. The molecule has 0 atom stereocenters. The van der Waals surface area contributed by atoms with Gasteiger partial charge in [0.1, 0.15) is 5.75 Å². The van der Waals surface area contributed by atoms with Gasteiger partial charge in [0.15, 0.2) is 0 Å². The lowest BCUT2D eigenvalue weighted by atomic mass is 10.2. The second kappa shape index (κ2) is 7.08. The number of methoxy groups -OCH3 is 1. The minimum Gasteiger partial charge on any atom is -0.497 e. The molecule has 0 aliphatic carbocycles. The fourth-order valence-corrected chi connectivity index (χ4v) is 1.85. The highest BCUT2D eigenvalue weighted by Gasteiger charge is 2.13. The first-order valence-corrected chi connectivity index (χ1v) is 7.01. The third kappa shape index (κ3) is 4.19. The number of anilines is 2. The number of nitrogens with zero attached hydrogens (tertiary/aromatic N) is 3. The Bertz CT molecular complexity index is 568. The van der Waals surface area contributed by atoms with Crippen molar-refractivity contribution in [2.45, 2.75) is 20.4 Å². The van der Waals surface area contributed by atoms with Gasteiger partial charge in [0.2, 0.25) is 5.89 Å². The number of hydrogen-bond acceptors (Lipinski definition) is 6. The van der Waals surface area contributed by atoms with Crippen molar-refractivity contribution in [1.82, 2.24) is 15.5 Å². The molecule has 114 valence electrons. The molecule has 0 amide bonds. The predicted molar refractivity (Wildman–Crippen MR) is 81.9 cm³/mol. The number of ether oxygens (including phenoxy) is 1. The van der Waals surface area contributed by atoms with Crippen LogP contribution < -0.4 is 15.0 Å². The highest BCUT2D eigenvalue weighted by molar-refractivity contribution is 5.57. The standard InChI is InChI=1S/C15H22N4O2/c1-11(2)9-16-10-14-17-18-15(21-14)19(3)12-6-5-7-13(8-12)20-4/h5-8,11,16H,9-10H2,1-4H3. The molecule has 1 aromatic heterocycles. The van der Waals surface area contributed by atoms with Crippen LogP contribution in [0, 0.1) is 5.92 Å². The van der Waals surface area contributed by atoms with Gasteiger partial charge in [-0.25, -0.2) is 0 Å². The Labute approximate surface area is 125 Å². The molecule has 0 saturated carbocycles. The Balaban J connectivity index is 2.02. The predicted octanol–water partition coefficient (Wildman–Crippen LogP) is 2.59. The van der Waals surface area contributed by atoms with Crippen LogP contribution in [-0.4, -0.2) is 30.9 Å². The molecule has 2 aromatic rings. The van der Waals surface area contributed by atoms with E-state index in [1.807, 2.05) is 36.2 Å². The Morgan fingerprint density at radius 2 is 2.14 bits per heavy atom. The largest absolute Gasteiger partial charge is 0.497 e. The van der Waals surface area contributed by atoms with Crippen molar-refractivity contribution in [3.63, 3.8) is 0 Å². The van der Waals surface area contributed by atoms with Crippen LogP contribution in [0.2, 0.25) is 0 Å². The minimum absolute atomic E-state index is 0.463. The quantitative estimate of drug-likeness (QED) is 0.845. The second-order valence-corrected chi connectivity index (χ2v) is 5.26. The molecule has 0 saturated heterocycles. The Kier molecular flexibility index (Phi) is 5.16. The van der Waals surface area contributed by atoms with Gasteiger partial charge in [-0.2, -0.15) is 0 Å². The van der Waals surface area contributed by atoms with Crippen molar-refractivity contribution >= 4 is 11.7 Å². The van der Waals surface area contributed by atoms with Crippen LogP contribution in [0.3, 0.4) is 0 Å². The molecule has 1 heterocycles. The SMILES string of the molecule is COc1cccc(N(C)c2nnc(CNCC(C)C)o2)c1. The van der Waals surface area contributed by atoms with E-state index in [-0.39, 0.29) is 0 Å². The molecule has 0 fully saturated rings. The first kappa shape index (κ1) is 15.3. The highest BCUT2D eigenvalue weighted by Crippen LogP contribution is 2.25. The molecule has 1 N–H and O–H groups in total. The fourth-order valence-electron chi connectivity index (χ4n) is 1.85. The van der Waals surface area contributed by atoms with E-state index in [1.165, 1.54) is 0 Å². The molecular weight excluding hydrogens is 268 g/mol. The lowest BCUT2D eigenvalue weighted by Crippen LogP contribution is -2.19. The van der Waals surface area contributed by atoms with Gasteiger partial charge in [-0.1, -0.05) is 25.0 Å². The molecule has 0 aliphatic heterocycles. The first-order chi connectivity index (χ1) is 10.1. The van der Waals surface area contributed by atoms with Crippen LogP contribution in [-0.2, 0) is 6.54 Å². The number of benzene rings is 1. The zero-order valence-electron chi connectivity index (χ0n) is 13.0. The summed E-state index contributed by atoms with van der Waals surface area (Å²) >= 11 is 0. The van der Waals surface area contributed by atoms with Crippen LogP contribution in [0.4, 0.5) is 11.7 Å². The van der Waals surface area contributed by atoms with Crippen LogP contribution in [0.1, 0.15) is 19.7 Å². The van der Waals surface area contributed by atoms with E-state index in [1.54, 1.807) is 7.11 Å². The summed E-state index contributed by atoms with van der Waals surface area (Å²) in [5, 5.41) is 11.4. The molecule has 6 nitrogen and oxygen atoms in total. The first-order valence-electron chi connectivity index (χ1n) is 7.01. The summed E-state index contributed by atoms with van der Waals surface area (Å²) in [6, 6.07) is 8.16. The average Bonchev–Trinajstić information content (AvgIpc) is 2.95. The fraction of sp³-hybridized carbons (Fsp3) is 0.467. The van der Waals surface area contributed by atoms with Crippen molar-refractivity contribution in [2.75, 3.05) is 25.6 Å². The van der Waals surface area contributed by atoms with Crippen molar-refractivity contribution in [2.24, 2.45) is 5.92 Å². The van der Waals surface area contributed by atoms with E-state index >= 15 is 0 Å². The smallest absolute Gasteiger partial charge is 0.322 e. The third-order valence-corrected chi connectivity index (χ3v) is 3.01. The van der Waals surface area contributed by atoms with E-state index in [9.17, 15) is 0 Å². The lowest BCUT2D eigenvalue weighted by Gasteiger charge is -2.14. The van der Waals surface area contributed by atoms with Crippen molar-refractivity contribution < 1.29 is 9.15 Å². The molecule has 0 radical (unpaired) electrons. The summed E-state index contributed by atoms with van der Waals surface area (Å²) in [6.45, 7) is 5.81. The zero-order chi connectivity index (χ0) is 15.2. The maximum Gasteiger partial charge on any atom is 0.322 e. The number of nitrogens with one attached hydrogen (secondary N) is 1. The molecule has 0 bridgehead atoms. The lowest BCUT2D eigenvalue weighted by molar-refractivity contribution is 0.415. The summed E-state index contributed by atoms with van der Waals surface area (Å²) in [5.74, 6) is 1.96. The molecule has 2 rings (SSSR count). The van der Waals surface area contributed by atoms with Crippen molar-refractivity contribution in [3.05, 3.63) is 30.2 Å². The van der Waals surface area contributed by atoms with E-state index in [4.69, 9.17) is 9.15 Å². The van der Waals surface area contributed by atoms with Gasteiger partial charge in [0.25, 0.3) is 0 Å². The number of aromatic nitrogens is 2. The van der Waals surface area contributed by atoms with Gasteiger partial charge in [-0.3, -0.25) is 4.90 Å². The van der Waals surface area contributed by atoms with Gasteiger partial charge in [0.05, 0.1) is 13.7 Å². The number of rotatable bonds is 7. The topological polar surface area (TPSA) is 63.4 Å². The zero-order valence-corrected chi connectivity index (χ0v) is 13.0. The molecule has 0 spiro atoms. The van der Waals surface area contributed by atoms with Crippen LogP contribution in [0.25, 0.3) is 0 Å². The van der Waals surface area contributed by atoms with Crippen LogP contribution >= 0.6 is 0 Å². The van der Waals surface area contributed by atoms with Gasteiger partial charge >= 0.3 is 6.01 Å². The molecular formula is C15H22N4O2. The summed E-state index contributed by atoms with van der Waals surface area (Å²) in [6.07, 6.45) is 0. The third-order valence-electron chi connectivity index (χ3n) is 3.01. The van der Waals surface area contributed by atoms with E-state index < -0.39 is 0 Å². The molecule has 21 heavy (non-hydrogen) atoms. The number of hydrogen-bond donors (Lipinski definition) is 1. The summed E-state index contributed by atoms with van der Waals surface area (Å²) in [5.41, 5.74) is 0.930.